The predicted octanol–water partition coefficient (Wildman–Crippen LogP) is 2.03. The average molecular weight is 326 g/mol. The first kappa shape index (κ1) is 15.4. The van der Waals surface area contributed by atoms with Crippen LogP contribution in [-0.2, 0) is 11.2 Å². The molecule has 1 N–H and O–H groups in total. The Kier molecular flexibility index (Phi) is 4.74. The number of nitrogens with zero attached hydrogens (tertiary/aromatic N) is 1. The number of carbonyl (C=O) groups excluding carboxylic acids is 1. The molecule has 2 heterocycles. The van der Waals surface area contributed by atoms with E-state index in [0.29, 0.717) is 55.7 Å². The van der Waals surface area contributed by atoms with E-state index in [2.05, 4.69) is 0 Å². The molecule has 2 aliphatic heterocycles. The second-order valence-electron chi connectivity index (χ2n) is 5.74. The first-order valence-corrected chi connectivity index (χ1v) is 8.05. The van der Waals surface area contributed by atoms with E-state index in [9.17, 15) is 9.90 Å². The van der Waals surface area contributed by atoms with Crippen LogP contribution in [0.25, 0.3) is 0 Å². The van der Waals surface area contributed by atoms with E-state index < -0.39 is 0 Å². The van der Waals surface area contributed by atoms with E-state index in [1.807, 2.05) is 6.07 Å². The first-order valence-electron chi connectivity index (χ1n) is 7.67. The molecule has 0 bridgehead atoms. The van der Waals surface area contributed by atoms with E-state index in [1.54, 1.807) is 11.0 Å². The fraction of sp³-hybridized carbons (Fsp3) is 0.562. The van der Waals surface area contributed by atoms with Crippen molar-refractivity contribution in [2.75, 3.05) is 26.3 Å². The minimum atomic E-state index is -0.281. The predicted molar refractivity (Wildman–Crippen MR) is 82.6 cm³/mol. The molecule has 0 saturated carbocycles. The third-order valence-electron chi connectivity index (χ3n) is 4.03. The summed E-state index contributed by atoms with van der Waals surface area (Å²) < 4.78 is 11.2. The zero-order chi connectivity index (χ0) is 15.5. The molecule has 1 saturated heterocycles. The monoisotopic (exact) mass is 325 g/mol. The van der Waals surface area contributed by atoms with Gasteiger partial charge in [0.1, 0.15) is 0 Å². The lowest BCUT2D eigenvalue weighted by atomic mass is 10.1. The fourth-order valence-electron chi connectivity index (χ4n) is 2.79. The van der Waals surface area contributed by atoms with Crippen LogP contribution in [0.2, 0.25) is 5.02 Å². The molecule has 1 aromatic carbocycles. The smallest absolute Gasteiger partial charge is 0.226 e. The fourth-order valence-corrected chi connectivity index (χ4v) is 3.08. The number of carbonyl (C=O) groups is 1. The quantitative estimate of drug-likeness (QED) is 0.904. The Hall–Kier alpha value is -1.46. The Morgan fingerprint density at radius 1 is 1.27 bits per heavy atom. The maximum atomic E-state index is 12.4. The highest BCUT2D eigenvalue weighted by Crippen LogP contribution is 2.38. The zero-order valence-electron chi connectivity index (χ0n) is 12.4. The zero-order valence-corrected chi connectivity index (χ0v) is 13.1. The van der Waals surface area contributed by atoms with Crippen molar-refractivity contribution in [1.82, 2.24) is 4.90 Å². The van der Waals surface area contributed by atoms with Gasteiger partial charge in [-0.05, 0) is 30.5 Å². The number of hydrogen-bond acceptors (Lipinski definition) is 4. The Morgan fingerprint density at radius 2 is 2.00 bits per heavy atom. The number of likely N-dealkylation sites (tertiary alicyclic amines) is 1. The van der Waals surface area contributed by atoms with E-state index in [4.69, 9.17) is 21.1 Å². The van der Waals surface area contributed by atoms with Crippen molar-refractivity contribution in [3.05, 3.63) is 22.7 Å². The lowest BCUT2D eigenvalue weighted by Crippen LogP contribution is -2.40. The summed E-state index contributed by atoms with van der Waals surface area (Å²) in [6, 6.07) is 3.61. The highest BCUT2D eigenvalue weighted by Gasteiger charge is 2.22. The molecule has 3 rings (SSSR count). The molecule has 1 amide bonds. The van der Waals surface area contributed by atoms with E-state index in [0.717, 1.165) is 12.0 Å². The molecule has 0 spiro atoms. The Morgan fingerprint density at radius 3 is 2.77 bits per heavy atom. The second-order valence-corrected chi connectivity index (χ2v) is 6.15. The number of amides is 1. The number of hydrogen-bond donors (Lipinski definition) is 1. The van der Waals surface area contributed by atoms with Gasteiger partial charge < -0.3 is 19.5 Å². The lowest BCUT2D eigenvalue weighted by Gasteiger charge is -2.29. The van der Waals surface area contributed by atoms with Gasteiger partial charge in [0.2, 0.25) is 5.91 Å². The Bertz CT molecular complexity index is 555. The van der Waals surface area contributed by atoms with Crippen LogP contribution in [0.4, 0.5) is 0 Å². The first-order chi connectivity index (χ1) is 10.6. The summed E-state index contributed by atoms with van der Waals surface area (Å²) in [4.78, 5) is 14.1. The van der Waals surface area contributed by atoms with Crippen molar-refractivity contribution in [3.8, 4) is 11.5 Å². The molecule has 22 heavy (non-hydrogen) atoms. The van der Waals surface area contributed by atoms with Crippen molar-refractivity contribution in [3.63, 3.8) is 0 Å². The van der Waals surface area contributed by atoms with Gasteiger partial charge in [0.25, 0.3) is 0 Å². The van der Waals surface area contributed by atoms with E-state index in [-0.39, 0.29) is 18.4 Å². The molecular weight excluding hydrogens is 306 g/mol. The van der Waals surface area contributed by atoms with Crippen molar-refractivity contribution in [1.29, 1.82) is 0 Å². The van der Waals surface area contributed by atoms with Gasteiger partial charge in [0, 0.05) is 19.5 Å². The van der Waals surface area contributed by atoms with Crippen molar-refractivity contribution in [2.24, 2.45) is 0 Å². The SMILES string of the molecule is O=C(Cc1cc(Cl)c2c(c1)OCCCO2)N1CCC(O)CC1. The van der Waals surface area contributed by atoms with Crippen molar-refractivity contribution < 1.29 is 19.4 Å². The van der Waals surface area contributed by atoms with Gasteiger partial charge in [0.05, 0.1) is 30.8 Å². The molecule has 0 atom stereocenters. The molecule has 0 aromatic heterocycles. The molecule has 1 fully saturated rings. The van der Waals surface area contributed by atoms with Gasteiger partial charge in [-0.15, -0.1) is 0 Å². The van der Waals surface area contributed by atoms with Crippen molar-refractivity contribution in [2.45, 2.75) is 31.8 Å². The normalized spacial score (nSPS) is 18.9. The summed E-state index contributed by atoms with van der Waals surface area (Å²) in [7, 11) is 0. The van der Waals surface area contributed by atoms with Crippen LogP contribution in [0.1, 0.15) is 24.8 Å². The molecule has 2 aliphatic rings. The van der Waals surface area contributed by atoms with Crippen LogP contribution in [-0.4, -0.2) is 48.3 Å². The number of piperidine rings is 1. The summed E-state index contributed by atoms with van der Waals surface area (Å²) in [5, 5.41) is 9.99. The summed E-state index contributed by atoms with van der Waals surface area (Å²) in [6.07, 6.45) is 2.11. The summed E-state index contributed by atoms with van der Waals surface area (Å²) >= 11 is 6.25. The lowest BCUT2D eigenvalue weighted by molar-refractivity contribution is -0.132. The van der Waals surface area contributed by atoms with Gasteiger partial charge in [0.15, 0.2) is 11.5 Å². The topological polar surface area (TPSA) is 59.0 Å². The van der Waals surface area contributed by atoms with Gasteiger partial charge in [-0.1, -0.05) is 11.6 Å². The third kappa shape index (κ3) is 3.47. The van der Waals surface area contributed by atoms with Crippen LogP contribution < -0.4 is 9.47 Å². The van der Waals surface area contributed by atoms with E-state index in [1.165, 1.54) is 0 Å². The summed E-state index contributed by atoms with van der Waals surface area (Å²) in [6.45, 7) is 2.39. The van der Waals surface area contributed by atoms with Crippen LogP contribution in [0.3, 0.4) is 0 Å². The van der Waals surface area contributed by atoms with Gasteiger partial charge in [-0.3, -0.25) is 4.79 Å². The molecular formula is C16H20ClNO4. The Balaban J connectivity index is 1.71. The maximum Gasteiger partial charge on any atom is 0.226 e. The van der Waals surface area contributed by atoms with Gasteiger partial charge in [-0.2, -0.15) is 0 Å². The van der Waals surface area contributed by atoms with Crippen LogP contribution >= 0.6 is 11.6 Å². The molecule has 0 radical (unpaired) electrons. The summed E-state index contributed by atoms with van der Waals surface area (Å²) in [5.74, 6) is 1.23. The van der Waals surface area contributed by atoms with Crippen LogP contribution in [0.15, 0.2) is 12.1 Å². The number of halogens is 1. The van der Waals surface area contributed by atoms with Crippen LogP contribution in [0.5, 0.6) is 11.5 Å². The van der Waals surface area contributed by atoms with E-state index >= 15 is 0 Å². The largest absolute Gasteiger partial charge is 0.489 e. The summed E-state index contributed by atoms with van der Waals surface area (Å²) in [5.41, 5.74) is 0.824. The Labute approximate surface area is 134 Å². The van der Waals surface area contributed by atoms with Crippen LogP contribution in [0, 0.1) is 0 Å². The number of aliphatic hydroxyl groups excluding tert-OH is 1. The number of benzene rings is 1. The maximum absolute atomic E-state index is 12.4. The minimum Gasteiger partial charge on any atom is -0.489 e. The molecule has 0 aliphatic carbocycles. The second kappa shape index (κ2) is 6.75. The standard InChI is InChI=1S/C16H20ClNO4/c17-13-8-11(9-14-16(13)22-7-1-6-21-14)10-15(20)18-4-2-12(19)3-5-18/h8-9,12,19H,1-7,10H2. The highest BCUT2D eigenvalue weighted by atomic mass is 35.5. The van der Waals surface area contributed by atoms with Gasteiger partial charge >= 0.3 is 0 Å². The number of aliphatic hydroxyl groups is 1. The molecule has 120 valence electrons. The number of fused-ring (bicyclic) bond motifs is 1. The average Bonchev–Trinajstić information content (AvgIpc) is 2.73. The molecule has 0 unspecified atom stereocenters. The molecule has 5 nitrogen and oxygen atoms in total. The highest BCUT2D eigenvalue weighted by molar-refractivity contribution is 6.32. The minimum absolute atomic E-state index is 0.0532. The van der Waals surface area contributed by atoms with Gasteiger partial charge in [-0.25, -0.2) is 0 Å². The number of ether oxygens (including phenoxy) is 2. The molecule has 1 aromatic rings. The number of rotatable bonds is 2. The molecule has 6 heteroatoms. The van der Waals surface area contributed by atoms with Crippen molar-refractivity contribution >= 4 is 17.5 Å². The third-order valence-corrected chi connectivity index (χ3v) is 4.32.